The van der Waals surface area contributed by atoms with Gasteiger partial charge in [0.2, 0.25) is 0 Å². The molecule has 0 amide bonds. The number of rotatable bonds is 1. The van der Waals surface area contributed by atoms with E-state index in [9.17, 15) is 5.11 Å². The van der Waals surface area contributed by atoms with Gasteiger partial charge in [0, 0.05) is 11.3 Å². The smallest absolute Gasteiger partial charge is 0.0615 e. The highest BCUT2D eigenvalue weighted by atomic mass is 35.5. The lowest BCUT2D eigenvalue weighted by atomic mass is 9.70. The minimum Gasteiger partial charge on any atom is -0.392 e. The third-order valence-corrected chi connectivity index (χ3v) is 5.10. The molecular formula is C10H17ClO. The van der Waals surface area contributed by atoms with Gasteiger partial charge in [0.05, 0.1) is 6.10 Å². The number of halogens is 1. The van der Waals surface area contributed by atoms with E-state index in [-0.39, 0.29) is 16.9 Å². The minimum atomic E-state index is -0.149. The predicted molar refractivity (Wildman–Crippen MR) is 50.3 cm³/mol. The molecule has 12 heavy (non-hydrogen) atoms. The zero-order valence-corrected chi connectivity index (χ0v) is 8.56. The Balaban J connectivity index is 2.39. The summed E-state index contributed by atoms with van der Waals surface area (Å²) in [5.74, 6) is 1.32. The van der Waals surface area contributed by atoms with Crippen LogP contribution in [0.5, 0.6) is 0 Å². The average molecular weight is 189 g/mol. The summed E-state index contributed by atoms with van der Waals surface area (Å²) in [6.07, 6.45) is 3.20. The van der Waals surface area contributed by atoms with Crippen molar-refractivity contribution in [3.63, 3.8) is 0 Å². The van der Waals surface area contributed by atoms with E-state index in [0.29, 0.717) is 11.8 Å². The Bertz CT molecular complexity index is 202. The monoisotopic (exact) mass is 188 g/mol. The number of alkyl halides is 1. The quantitative estimate of drug-likeness (QED) is 0.627. The van der Waals surface area contributed by atoms with Crippen LogP contribution < -0.4 is 0 Å². The van der Waals surface area contributed by atoms with E-state index in [1.54, 1.807) is 0 Å². The van der Waals surface area contributed by atoms with Crippen molar-refractivity contribution in [2.24, 2.45) is 16.7 Å². The van der Waals surface area contributed by atoms with Crippen LogP contribution in [0.4, 0.5) is 0 Å². The van der Waals surface area contributed by atoms with Gasteiger partial charge in [-0.05, 0) is 30.6 Å². The fourth-order valence-electron chi connectivity index (χ4n) is 3.35. The topological polar surface area (TPSA) is 20.2 Å². The first kappa shape index (κ1) is 8.83. The maximum Gasteiger partial charge on any atom is 0.0615 e. The Morgan fingerprint density at radius 1 is 1.50 bits per heavy atom. The highest BCUT2D eigenvalue weighted by molar-refractivity contribution is 6.18. The highest BCUT2D eigenvalue weighted by Crippen LogP contribution is 2.65. The van der Waals surface area contributed by atoms with Gasteiger partial charge in [0.1, 0.15) is 0 Å². The molecule has 2 aliphatic carbocycles. The van der Waals surface area contributed by atoms with Crippen molar-refractivity contribution in [1.82, 2.24) is 0 Å². The first-order chi connectivity index (χ1) is 5.54. The zero-order chi connectivity index (χ0) is 8.98. The molecule has 0 aromatic carbocycles. The number of aliphatic hydroxyl groups excluding tert-OH is 1. The molecule has 0 aromatic rings. The Labute approximate surface area is 79.1 Å². The molecule has 1 N–H and O–H groups in total. The summed E-state index contributed by atoms with van der Waals surface area (Å²) in [5.41, 5.74) is 0.285. The molecule has 0 radical (unpaired) electrons. The lowest BCUT2D eigenvalue weighted by Crippen LogP contribution is -2.40. The lowest BCUT2D eigenvalue weighted by Gasteiger charge is -2.38. The maximum atomic E-state index is 9.92. The molecule has 2 saturated carbocycles. The van der Waals surface area contributed by atoms with Crippen LogP contribution in [0.15, 0.2) is 0 Å². The maximum absolute atomic E-state index is 9.92. The molecule has 2 rings (SSSR count). The van der Waals surface area contributed by atoms with Crippen LogP contribution >= 0.6 is 11.6 Å². The Morgan fingerprint density at radius 2 is 2.17 bits per heavy atom. The Hall–Kier alpha value is 0.250. The van der Waals surface area contributed by atoms with E-state index >= 15 is 0 Å². The van der Waals surface area contributed by atoms with Crippen molar-refractivity contribution in [3.8, 4) is 0 Å². The molecule has 3 unspecified atom stereocenters. The number of fused-ring (bicyclic) bond motifs is 2. The van der Waals surface area contributed by atoms with Gasteiger partial charge in [-0.25, -0.2) is 0 Å². The van der Waals surface area contributed by atoms with Crippen molar-refractivity contribution < 1.29 is 5.11 Å². The molecule has 3 atom stereocenters. The average Bonchev–Trinajstić information content (AvgIpc) is 2.36. The van der Waals surface area contributed by atoms with Gasteiger partial charge >= 0.3 is 0 Å². The van der Waals surface area contributed by atoms with Crippen molar-refractivity contribution in [2.75, 3.05) is 5.88 Å². The zero-order valence-electron chi connectivity index (χ0n) is 7.81. The Kier molecular flexibility index (Phi) is 1.76. The second-order valence-corrected chi connectivity index (χ2v) is 5.27. The molecule has 0 heterocycles. The second kappa shape index (κ2) is 2.39. The van der Waals surface area contributed by atoms with Gasteiger partial charge in [-0.1, -0.05) is 13.8 Å². The molecular weight excluding hydrogens is 172 g/mol. The summed E-state index contributed by atoms with van der Waals surface area (Å²) < 4.78 is 0. The van der Waals surface area contributed by atoms with Crippen LogP contribution in [0.2, 0.25) is 0 Å². The molecule has 2 fully saturated rings. The van der Waals surface area contributed by atoms with E-state index in [1.807, 2.05) is 0 Å². The van der Waals surface area contributed by atoms with Crippen molar-refractivity contribution in [3.05, 3.63) is 0 Å². The van der Waals surface area contributed by atoms with Crippen LogP contribution in [0.25, 0.3) is 0 Å². The Morgan fingerprint density at radius 3 is 2.42 bits per heavy atom. The third-order valence-electron chi connectivity index (χ3n) is 4.63. The number of aliphatic hydroxyl groups is 1. The summed E-state index contributed by atoms with van der Waals surface area (Å²) in [7, 11) is 0. The molecule has 0 aliphatic heterocycles. The van der Waals surface area contributed by atoms with Crippen LogP contribution in [0, 0.1) is 16.7 Å². The van der Waals surface area contributed by atoms with Crippen LogP contribution in [0.1, 0.15) is 33.1 Å². The van der Waals surface area contributed by atoms with E-state index in [2.05, 4.69) is 13.8 Å². The van der Waals surface area contributed by atoms with Crippen molar-refractivity contribution >= 4 is 11.6 Å². The van der Waals surface area contributed by atoms with Crippen molar-refractivity contribution in [2.45, 2.75) is 39.2 Å². The molecule has 0 aromatic heterocycles. The third kappa shape index (κ3) is 0.748. The summed E-state index contributed by atoms with van der Waals surface area (Å²) in [5, 5.41) is 9.92. The molecule has 0 spiro atoms. The first-order valence-electron chi connectivity index (χ1n) is 4.78. The summed E-state index contributed by atoms with van der Waals surface area (Å²) >= 11 is 6.01. The summed E-state index contributed by atoms with van der Waals surface area (Å²) in [6, 6.07) is 0. The van der Waals surface area contributed by atoms with E-state index in [0.717, 1.165) is 12.8 Å². The highest BCUT2D eigenvalue weighted by Gasteiger charge is 2.63. The molecule has 1 nitrogen and oxygen atoms in total. The van der Waals surface area contributed by atoms with Gasteiger partial charge in [0.15, 0.2) is 0 Å². The molecule has 70 valence electrons. The molecule has 2 heteroatoms. The fourth-order valence-corrected chi connectivity index (χ4v) is 4.01. The SMILES string of the molecule is CC1(C)C2CCC1(CCl)C(O)C2. The summed E-state index contributed by atoms with van der Waals surface area (Å²) in [6.45, 7) is 4.53. The second-order valence-electron chi connectivity index (χ2n) is 5.00. The number of hydrogen-bond acceptors (Lipinski definition) is 1. The first-order valence-corrected chi connectivity index (χ1v) is 5.32. The van der Waals surface area contributed by atoms with Gasteiger partial charge in [-0.2, -0.15) is 0 Å². The number of hydrogen-bond donors (Lipinski definition) is 1. The van der Waals surface area contributed by atoms with Gasteiger partial charge in [0.25, 0.3) is 0 Å². The van der Waals surface area contributed by atoms with E-state index in [1.165, 1.54) is 6.42 Å². The normalized spacial score (nSPS) is 50.0. The van der Waals surface area contributed by atoms with Crippen molar-refractivity contribution in [1.29, 1.82) is 0 Å². The van der Waals surface area contributed by atoms with Gasteiger partial charge in [-0.15, -0.1) is 11.6 Å². The lowest BCUT2D eigenvalue weighted by molar-refractivity contribution is 0.0157. The van der Waals surface area contributed by atoms with Gasteiger partial charge < -0.3 is 5.11 Å². The van der Waals surface area contributed by atoms with Crippen LogP contribution in [-0.2, 0) is 0 Å². The van der Waals surface area contributed by atoms with E-state index in [4.69, 9.17) is 11.6 Å². The standard InChI is InChI=1S/C10H17ClO/c1-9(2)7-3-4-10(9,6-11)8(12)5-7/h7-8,12H,3-6H2,1-2H3. The predicted octanol–water partition coefficient (Wildman–Crippen LogP) is 2.41. The minimum absolute atomic E-state index is 0.0270. The van der Waals surface area contributed by atoms with Gasteiger partial charge in [-0.3, -0.25) is 0 Å². The molecule has 2 aliphatic rings. The van der Waals surface area contributed by atoms with Crippen LogP contribution in [-0.4, -0.2) is 17.1 Å². The largest absolute Gasteiger partial charge is 0.392 e. The van der Waals surface area contributed by atoms with Crippen LogP contribution in [0.3, 0.4) is 0 Å². The summed E-state index contributed by atoms with van der Waals surface area (Å²) in [4.78, 5) is 0. The molecule has 2 bridgehead atoms. The fraction of sp³-hybridized carbons (Fsp3) is 1.00. The van der Waals surface area contributed by atoms with E-state index < -0.39 is 0 Å². The molecule has 0 saturated heterocycles.